The lowest BCUT2D eigenvalue weighted by Crippen LogP contribution is -2.33. The number of carboxylic acid groups (broad SMARTS) is 1. The predicted octanol–water partition coefficient (Wildman–Crippen LogP) is 1.45. The van der Waals surface area contributed by atoms with Gasteiger partial charge in [-0.2, -0.15) is 0 Å². The van der Waals surface area contributed by atoms with Crippen molar-refractivity contribution in [2.75, 3.05) is 13.7 Å². The second-order valence-corrected chi connectivity index (χ2v) is 5.14. The highest BCUT2D eigenvalue weighted by molar-refractivity contribution is 6.08. The average molecular weight is 319 g/mol. The molecule has 0 saturated carbocycles. The zero-order chi connectivity index (χ0) is 17.1. The number of aliphatic carboxylic acids is 1. The van der Waals surface area contributed by atoms with Gasteiger partial charge in [-0.15, -0.1) is 0 Å². The van der Waals surface area contributed by atoms with Gasteiger partial charge in [0.25, 0.3) is 5.91 Å². The molecule has 0 radical (unpaired) electrons. The van der Waals surface area contributed by atoms with E-state index in [4.69, 9.17) is 9.84 Å². The fraction of sp³-hybridized carbons (Fsp3) is 0.312. The molecule has 0 spiro atoms. The van der Waals surface area contributed by atoms with Crippen LogP contribution in [0.3, 0.4) is 0 Å². The van der Waals surface area contributed by atoms with E-state index >= 15 is 0 Å². The monoisotopic (exact) mass is 319 g/mol. The minimum atomic E-state index is -1.07. The Labute approximate surface area is 132 Å². The Bertz CT molecular complexity index is 676. The third-order valence-corrected chi connectivity index (χ3v) is 3.68. The van der Waals surface area contributed by atoms with Gasteiger partial charge in [-0.3, -0.25) is 14.4 Å². The van der Waals surface area contributed by atoms with Crippen molar-refractivity contribution in [1.82, 2.24) is 4.90 Å². The van der Waals surface area contributed by atoms with Gasteiger partial charge >= 0.3 is 5.97 Å². The van der Waals surface area contributed by atoms with E-state index in [-0.39, 0.29) is 18.5 Å². The molecule has 0 bridgehead atoms. The standard InChI is InChI=1S/C16H17NO6/c1-9(18)13-14(10-3-5-11(23-2)6-4-10)17(8-7-12(19)20)16(22)15(13)21/h3-6,14,21H,7-8H2,1-2H3,(H,19,20)/t14-/m0/s1. The fourth-order valence-corrected chi connectivity index (χ4v) is 2.59. The van der Waals surface area contributed by atoms with Gasteiger partial charge in [0.1, 0.15) is 5.75 Å². The normalized spacial score (nSPS) is 17.6. The van der Waals surface area contributed by atoms with Gasteiger partial charge < -0.3 is 19.8 Å². The number of ether oxygens (including phenoxy) is 1. The van der Waals surface area contributed by atoms with Gasteiger partial charge in [-0.05, 0) is 24.6 Å². The highest BCUT2D eigenvalue weighted by Gasteiger charge is 2.42. The van der Waals surface area contributed by atoms with Crippen LogP contribution in [-0.2, 0) is 14.4 Å². The Balaban J connectivity index is 2.43. The van der Waals surface area contributed by atoms with Crippen LogP contribution < -0.4 is 4.74 Å². The van der Waals surface area contributed by atoms with Crippen molar-refractivity contribution in [3.05, 3.63) is 41.2 Å². The summed E-state index contributed by atoms with van der Waals surface area (Å²) in [6.07, 6.45) is -0.281. The molecule has 2 N–H and O–H groups in total. The number of methoxy groups -OCH3 is 1. The summed E-state index contributed by atoms with van der Waals surface area (Å²) in [5, 5.41) is 18.8. The number of aliphatic hydroxyl groups is 1. The Morgan fingerprint density at radius 2 is 1.87 bits per heavy atom. The SMILES string of the molecule is COc1ccc([C@H]2C(C(C)=O)=C(O)C(=O)N2CCC(=O)O)cc1. The second-order valence-electron chi connectivity index (χ2n) is 5.14. The number of carboxylic acids is 1. The molecule has 1 atom stereocenters. The van der Waals surface area contributed by atoms with Gasteiger partial charge in [-0.1, -0.05) is 12.1 Å². The first kappa shape index (κ1) is 16.5. The number of rotatable bonds is 6. The van der Waals surface area contributed by atoms with E-state index in [0.29, 0.717) is 11.3 Å². The quantitative estimate of drug-likeness (QED) is 0.822. The molecule has 7 heteroatoms. The zero-order valence-electron chi connectivity index (χ0n) is 12.8. The summed E-state index contributed by atoms with van der Waals surface area (Å²) in [5.41, 5.74) is 0.573. The van der Waals surface area contributed by atoms with Crippen molar-refractivity contribution in [3.63, 3.8) is 0 Å². The van der Waals surface area contributed by atoms with Crippen LogP contribution in [-0.4, -0.2) is 46.4 Å². The summed E-state index contributed by atoms with van der Waals surface area (Å²) in [7, 11) is 1.51. The average Bonchev–Trinajstić information content (AvgIpc) is 2.77. The Morgan fingerprint density at radius 3 is 2.35 bits per heavy atom. The first-order chi connectivity index (χ1) is 10.9. The highest BCUT2D eigenvalue weighted by Crippen LogP contribution is 2.38. The summed E-state index contributed by atoms with van der Waals surface area (Å²) in [4.78, 5) is 36.0. The van der Waals surface area contributed by atoms with E-state index in [1.54, 1.807) is 24.3 Å². The third kappa shape index (κ3) is 3.18. The summed E-state index contributed by atoms with van der Waals surface area (Å²) < 4.78 is 5.07. The van der Waals surface area contributed by atoms with E-state index in [9.17, 15) is 19.5 Å². The van der Waals surface area contributed by atoms with Crippen molar-refractivity contribution in [2.45, 2.75) is 19.4 Å². The van der Waals surface area contributed by atoms with Crippen LogP contribution in [0.2, 0.25) is 0 Å². The maximum Gasteiger partial charge on any atom is 0.305 e. The molecule has 0 unspecified atom stereocenters. The lowest BCUT2D eigenvalue weighted by molar-refractivity contribution is -0.138. The maximum absolute atomic E-state index is 12.2. The van der Waals surface area contributed by atoms with Crippen molar-refractivity contribution in [1.29, 1.82) is 0 Å². The predicted molar refractivity (Wildman–Crippen MR) is 80.0 cm³/mol. The van der Waals surface area contributed by atoms with Crippen LogP contribution in [0.4, 0.5) is 0 Å². The minimum absolute atomic E-state index is 0.0226. The molecule has 7 nitrogen and oxygen atoms in total. The molecular formula is C16H17NO6. The smallest absolute Gasteiger partial charge is 0.305 e. The van der Waals surface area contributed by atoms with Crippen molar-refractivity contribution >= 4 is 17.7 Å². The molecule has 122 valence electrons. The van der Waals surface area contributed by atoms with Crippen LogP contribution in [0.1, 0.15) is 24.9 Å². The van der Waals surface area contributed by atoms with Gasteiger partial charge in [0.05, 0.1) is 25.1 Å². The minimum Gasteiger partial charge on any atom is -0.503 e. The van der Waals surface area contributed by atoms with Gasteiger partial charge in [0, 0.05) is 6.54 Å². The highest BCUT2D eigenvalue weighted by atomic mass is 16.5. The summed E-state index contributed by atoms with van der Waals surface area (Å²) in [6.45, 7) is 1.15. The van der Waals surface area contributed by atoms with Crippen molar-refractivity contribution < 1.29 is 29.3 Å². The second kappa shape index (κ2) is 6.51. The molecule has 0 fully saturated rings. The molecule has 1 heterocycles. The number of carbonyl (C=O) groups is 3. The van der Waals surface area contributed by atoms with Gasteiger partial charge in [0.15, 0.2) is 11.5 Å². The van der Waals surface area contributed by atoms with E-state index in [1.165, 1.54) is 18.9 Å². The molecule has 2 rings (SSSR count). The number of nitrogens with zero attached hydrogens (tertiary/aromatic N) is 1. The Morgan fingerprint density at radius 1 is 1.26 bits per heavy atom. The number of hydrogen-bond donors (Lipinski definition) is 2. The number of benzene rings is 1. The van der Waals surface area contributed by atoms with Crippen LogP contribution in [0.15, 0.2) is 35.6 Å². The number of hydrogen-bond acceptors (Lipinski definition) is 5. The maximum atomic E-state index is 12.2. The van der Waals surface area contributed by atoms with Crippen LogP contribution in [0.25, 0.3) is 0 Å². The molecule has 1 aliphatic heterocycles. The summed E-state index contributed by atoms with van der Waals surface area (Å²) in [6, 6.07) is 5.88. The number of aliphatic hydroxyl groups excluding tert-OH is 1. The van der Waals surface area contributed by atoms with E-state index in [1.807, 2.05) is 0 Å². The summed E-state index contributed by atoms with van der Waals surface area (Å²) >= 11 is 0. The molecule has 1 amide bonds. The topological polar surface area (TPSA) is 104 Å². The number of ketones is 1. The molecule has 1 aromatic carbocycles. The van der Waals surface area contributed by atoms with Crippen LogP contribution in [0, 0.1) is 0 Å². The lowest BCUT2D eigenvalue weighted by atomic mass is 9.96. The number of Topliss-reactive ketones (excluding diaryl/α,β-unsaturated/α-hetero) is 1. The van der Waals surface area contributed by atoms with Gasteiger partial charge in [0.2, 0.25) is 0 Å². The Hall–Kier alpha value is -2.83. The van der Waals surface area contributed by atoms with Gasteiger partial charge in [-0.25, -0.2) is 0 Å². The Kier molecular flexibility index (Phi) is 4.68. The molecule has 23 heavy (non-hydrogen) atoms. The van der Waals surface area contributed by atoms with Crippen LogP contribution >= 0.6 is 0 Å². The number of carbonyl (C=O) groups excluding carboxylic acids is 2. The molecule has 1 aliphatic rings. The first-order valence-corrected chi connectivity index (χ1v) is 6.97. The van der Waals surface area contributed by atoms with E-state index in [2.05, 4.69) is 0 Å². The molecule has 0 aliphatic carbocycles. The van der Waals surface area contributed by atoms with Crippen molar-refractivity contribution in [2.24, 2.45) is 0 Å². The lowest BCUT2D eigenvalue weighted by Gasteiger charge is -2.26. The van der Waals surface area contributed by atoms with Crippen LogP contribution in [0.5, 0.6) is 5.75 Å². The molecule has 0 saturated heterocycles. The fourth-order valence-electron chi connectivity index (χ4n) is 2.59. The molecule has 1 aromatic rings. The molecular weight excluding hydrogens is 302 g/mol. The zero-order valence-corrected chi connectivity index (χ0v) is 12.8. The molecule has 0 aromatic heterocycles. The number of amides is 1. The largest absolute Gasteiger partial charge is 0.503 e. The summed E-state index contributed by atoms with van der Waals surface area (Å²) in [5.74, 6) is -2.26. The first-order valence-electron chi connectivity index (χ1n) is 6.97. The third-order valence-electron chi connectivity index (χ3n) is 3.68. The van der Waals surface area contributed by atoms with E-state index in [0.717, 1.165) is 0 Å². The van der Waals surface area contributed by atoms with E-state index < -0.39 is 29.5 Å². The van der Waals surface area contributed by atoms with Crippen molar-refractivity contribution in [3.8, 4) is 5.75 Å².